The lowest BCUT2D eigenvalue weighted by atomic mass is 9.85. The maximum atomic E-state index is 9.98. The second-order valence-electron chi connectivity index (χ2n) is 19.3. The number of rotatable bonds is 7. The molecule has 0 atom stereocenters. The second-order valence-corrected chi connectivity index (χ2v) is 19.3. The quantitative estimate of drug-likeness (QED) is 0.150. The molecular weight excluding hydrogens is 919 g/mol. The summed E-state index contributed by atoms with van der Waals surface area (Å²) in [5, 5.41) is 81.7. The van der Waals surface area contributed by atoms with Gasteiger partial charge in [-0.25, -0.2) is 0 Å². The van der Waals surface area contributed by atoms with Crippen LogP contribution in [0.15, 0.2) is 170 Å². The Kier molecular flexibility index (Phi) is 12.1. The summed E-state index contributed by atoms with van der Waals surface area (Å²) in [6.07, 6.45) is 0. The lowest BCUT2D eigenvalue weighted by Gasteiger charge is -2.24. The Morgan fingerprint density at radius 2 is 0.533 bits per heavy atom. The van der Waals surface area contributed by atoms with Crippen LogP contribution >= 0.6 is 0 Å². The number of fused-ring (bicyclic) bond motifs is 3. The molecule has 10 aromatic rings. The van der Waals surface area contributed by atoms with Gasteiger partial charge in [0.2, 0.25) is 0 Å². The zero-order chi connectivity index (χ0) is 52.5. The van der Waals surface area contributed by atoms with Crippen LogP contribution in [0.1, 0.15) is 70.8 Å². The van der Waals surface area contributed by atoms with Gasteiger partial charge in [0, 0.05) is 16.5 Å². The average Bonchev–Trinajstić information content (AvgIpc) is 3.80. The monoisotopic (exact) mass is 955 g/mol. The minimum absolute atomic E-state index is 0.224. The van der Waals surface area contributed by atoms with Crippen molar-refractivity contribution in [2.45, 2.75) is 26.2 Å². The molecule has 9 aromatic carbocycles. The SMILES string of the molecule is CC(C)(C)c1ccccc1-n1c2ccc(-c3cc(-c4cc(C#N)cc(C#N)c4)cc(-c4cc(C#N)cc(C#N)c4)c3)cc2c2cc(-c3cc(-c4cc(C#N)cc(C#N)c4)cc(-c4cc(C#N)cc(C#N)c4)c3)ccc21. The zero-order valence-electron chi connectivity index (χ0n) is 40.7. The van der Waals surface area contributed by atoms with Crippen LogP contribution < -0.4 is 0 Å². The van der Waals surface area contributed by atoms with Crippen LogP contribution in [0.3, 0.4) is 0 Å². The Hall–Kier alpha value is -11.3. The van der Waals surface area contributed by atoms with Crippen LogP contribution in [0.2, 0.25) is 0 Å². The molecule has 0 saturated heterocycles. The first-order valence-electron chi connectivity index (χ1n) is 23.7. The van der Waals surface area contributed by atoms with Crippen LogP contribution in [0.25, 0.3) is 94.3 Å². The smallest absolute Gasteiger partial charge is 0.0992 e. The predicted molar refractivity (Wildman–Crippen MR) is 290 cm³/mol. The summed E-state index contributed by atoms with van der Waals surface area (Å²) in [4.78, 5) is 0. The normalized spacial score (nSPS) is 10.8. The van der Waals surface area contributed by atoms with Crippen molar-refractivity contribution in [3.05, 3.63) is 220 Å². The molecule has 0 amide bonds. The van der Waals surface area contributed by atoms with E-state index < -0.39 is 0 Å². The maximum absolute atomic E-state index is 9.98. The van der Waals surface area contributed by atoms with Crippen LogP contribution in [0, 0.1) is 90.6 Å². The molecule has 75 heavy (non-hydrogen) atoms. The lowest BCUT2D eigenvalue weighted by molar-refractivity contribution is 0.587. The topological polar surface area (TPSA) is 195 Å². The van der Waals surface area contributed by atoms with Crippen LogP contribution in [0.4, 0.5) is 0 Å². The number of hydrogen-bond acceptors (Lipinski definition) is 8. The lowest BCUT2D eigenvalue weighted by Crippen LogP contribution is -2.15. The minimum Gasteiger partial charge on any atom is -0.309 e. The summed E-state index contributed by atoms with van der Waals surface area (Å²) >= 11 is 0. The Morgan fingerprint density at radius 3 is 0.800 bits per heavy atom. The van der Waals surface area contributed by atoms with Gasteiger partial charge in [0.25, 0.3) is 0 Å². The third-order valence-electron chi connectivity index (χ3n) is 13.3. The molecule has 346 valence electrons. The van der Waals surface area contributed by atoms with E-state index >= 15 is 0 Å². The number of benzene rings is 9. The molecule has 0 aliphatic carbocycles. The highest BCUT2D eigenvalue weighted by Gasteiger charge is 2.23. The van der Waals surface area contributed by atoms with Crippen LogP contribution in [0.5, 0.6) is 0 Å². The van der Waals surface area contributed by atoms with E-state index in [1.807, 2.05) is 42.5 Å². The fourth-order valence-corrected chi connectivity index (χ4v) is 9.89. The first-order valence-corrected chi connectivity index (χ1v) is 23.7. The molecule has 0 aliphatic rings. The molecule has 0 N–H and O–H groups in total. The predicted octanol–water partition coefficient (Wildman–Crippen LogP) is 15.1. The molecule has 9 heteroatoms. The van der Waals surface area contributed by atoms with E-state index in [-0.39, 0.29) is 5.41 Å². The summed E-state index contributed by atoms with van der Waals surface area (Å²) in [5.74, 6) is 0. The number of para-hydroxylation sites is 1. The van der Waals surface area contributed by atoms with E-state index in [1.165, 1.54) is 0 Å². The molecule has 0 bridgehead atoms. The molecule has 10 rings (SSSR count). The molecule has 0 saturated carbocycles. The van der Waals surface area contributed by atoms with Crippen molar-refractivity contribution in [1.29, 1.82) is 42.1 Å². The van der Waals surface area contributed by atoms with E-state index in [0.717, 1.165) is 77.6 Å². The first-order chi connectivity index (χ1) is 36.3. The summed E-state index contributed by atoms with van der Waals surface area (Å²) < 4.78 is 2.30. The van der Waals surface area contributed by atoms with E-state index in [2.05, 4.69) is 128 Å². The Bertz CT molecular complexity index is 3880. The Labute approximate surface area is 433 Å². The van der Waals surface area contributed by atoms with Crippen LogP contribution in [-0.2, 0) is 5.41 Å². The highest BCUT2D eigenvalue weighted by atomic mass is 15.0. The number of aromatic nitrogens is 1. The van der Waals surface area contributed by atoms with E-state index in [0.29, 0.717) is 66.8 Å². The van der Waals surface area contributed by atoms with Gasteiger partial charge in [0.05, 0.1) is 104 Å². The standard InChI is InChI=1S/C66H37N9/c1-66(2,3)62-6-4-5-7-65(62)75-63-10-8-48(54-24-56(50-16-40(32-67)12-41(17-50)33-68)28-57(25-54)51-18-42(34-69)13-43(19-51)35-70)30-60(63)61-31-49(9-11-64(61)75)55-26-58(52-20-44(36-71)14-45(21-52)37-72)29-59(27-55)53-22-46(38-73)15-47(23-53)39-74/h4-31H,1-3H3. The Balaban J connectivity index is 1.26. The summed E-state index contributed by atoms with van der Waals surface area (Å²) in [6.45, 7) is 6.59. The number of hydrogen-bond donors (Lipinski definition) is 0. The molecule has 0 unspecified atom stereocenters. The van der Waals surface area contributed by atoms with Gasteiger partial charge in [-0.15, -0.1) is 0 Å². The van der Waals surface area contributed by atoms with Gasteiger partial charge in [0.1, 0.15) is 0 Å². The molecule has 9 nitrogen and oxygen atoms in total. The molecule has 0 fully saturated rings. The fourth-order valence-electron chi connectivity index (χ4n) is 9.89. The fraction of sp³-hybridized carbons (Fsp3) is 0.0606. The van der Waals surface area contributed by atoms with Crippen molar-refractivity contribution in [3.8, 4) is 121 Å². The highest BCUT2D eigenvalue weighted by molar-refractivity contribution is 6.12. The average molecular weight is 956 g/mol. The number of nitriles is 8. The second kappa shape index (κ2) is 19.1. The summed E-state index contributed by atoms with van der Waals surface area (Å²) in [7, 11) is 0. The van der Waals surface area contributed by atoms with Gasteiger partial charge < -0.3 is 4.57 Å². The van der Waals surface area contributed by atoms with Gasteiger partial charge in [-0.05, 0) is 217 Å². The maximum Gasteiger partial charge on any atom is 0.0992 e. The molecule has 0 radical (unpaired) electrons. The minimum atomic E-state index is -0.224. The van der Waals surface area contributed by atoms with E-state index in [9.17, 15) is 42.1 Å². The third kappa shape index (κ3) is 9.06. The number of nitrogens with zero attached hydrogens (tertiary/aromatic N) is 9. The van der Waals surface area contributed by atoms with E-state index in [4.69, 9.17) is 0 Å². The van der Waals surface area contributed by atoms with Crippen molar-refractivity contribution in [2.24, 2.45) is 0 Å². The van der Waals surface area contributed by atoms with Gasteiger partial charge in [-0.1, -0.05) is 51.1 Å². The van der Waals surface area contributed by atoms with Gasteiger partial charge in [-0.2, -0.15) is 42.1 Å². The van der Waals surface area contributed by atoms with Crippen molar-refractivity contribution in [3.63, 3.8) is 0 Å². The molecule has 1 aromatic heterocycles. The van der Waals surface area contributed by atoms with Crippen molar-refractivity contribution in [1.82, 2.24) is 4.57 Å². The summed E-state index contributed by atoms with van der Waals surface area (Å²) in [5.41, 5.74) is 15.3. The molecular formula is C66H37N9. The largest absolute Gasteiger partial charge is 0.309 e. The van der Waals surface area contributed by atoms with Crippen molar-refractivity contribution >= 4 is 21.8 Å². The van der Waals surface area contributed by atoms with Crippen LogP contribution in [-0.4, -0.2) is 4.57 Å². The van der Waals surface area contributed by atoms with Crippen molar-refractivity contribution < 1.29 is 0 Å². The Morgan fingerprint density at radius 1 is 0.280 bits per heavy atom. The highest BCUT2D eigenvalue weighted by Crippen LogP contribution is 2.43. The molecule has 1 heterocycles. The summed E-state index contributed by atoms with van der Waals surface area (Å²) in [6, 6.07) is 70.7. The van der Waals surface area contributed by atoms with Crippen molar-refractivity contribution in [2.75, 3.05) is 0 Å². The third-order valence-corrected chi connectivity index (χ3v) is 13.3. The van der Waals surface area contributed by atoms with Gasteiger partial charge in [-0.3, -0.25) is 0 Å². The van der Waals surface area contributed by atoms with Gasteiger partial charge >= 0.3 is 0 Å². The zero-order valence-corrected chi connectivity index (χ0v) is 40.7. The first kappa shape index (κ1) is 47.4. The molecule has 0 aliphatic heterocycles. The molecule has 0 spiro atoms. The van der Waals surface area contributed by atoms with E-state index in [1.54, 1.807) is 72.8 Å². The van der Waals surface area contributed by atoms with Gasteiger partial charge in [0.15, 0.2) is 0 Å².